The first kappa shape index (κ1) is 39.7. The molecule has 10 rings (SSSR count). The maximum absolute atomic E-state index is 13.5. The number of rotatable bonds is 10. The highest BCUT2D eigenvalue weighted by Gasteiger charge is 2.46. The Morgan fingerprint density at radius 1 is 0.852 bits per heavy atom. The van der Waals surface area contributed by atoms with E-state index in [9.17, 15) is 14.4 Å². The molecule has 0 bridgehead atoms. The predicted octanol–water partition coefficient (Wildman–Crippen LogP) is 5.39. The van der Waals surface area contributed by atoms with E-state index in [1.54, 1.807) is 36.9 Å². The fraction of sp³-hybridized carbons (Fsp3) is 0.500. The second-order valence-corrected chi connectivity index (χ2v) is 18.5. The van der Waals surface area contributed by atoms with Crippen LogP contribution in [0.1, 0.15) is 66.4 Å². The Bertz CT molecular complexity index is 2430. The van der Waals surface area contributed by atoms with E-state index in [-0.39, 0.29) is 17.4 Å². The van der Waals surface area contributed by atoms with Crippen LogP contribution in [0.25, 0.3) is 21.9 Å². The number of allylic oxidation sites excluding steroid dienone is 1. The number of piperidine rings is 3. The van der Waals surface area contributed by atoms with Gasteiger partial charge in [0.1, 0.15) is 23.4 Å². The van der Waals surface area contributed by atoms with Gasteiger partial charge in [-0.15, -0.1) is 0 Å². The van der Waals surface area contributed by atoms with Crippen LogP contribution in [0.2, 0.25) is 0 Å². The molecular formula is C48H58N8O5. The van der Waals surface area contributed by atoms with Crippen LogP contribution in [0, 0.1) is 11.3 Å². The largest absolute Gasteiger partial charge is 0.496 e. The molecule has 1 atom stereocenters. The lowest BCUT2D eigenvalue weighted by atomic mass is 9.71. The van der Waals surface area contributed by atoms with Gasteiger partial charge in [0, 0.05) is 98.6 Å². The molecule has 2 amide bonds. The van der Waals surface area contributed by atoms with Crippen LogP contribution in [0.15, 0.2) is 65.9 Å². The second-order valence-electron chi connectivity index (χ2n) is 18.5. The number of nitrogens with zero attached hydrogens (tertiary/aromatic N) is 7. The lowest BCUT2D eigenvalue weighted by molar-refractivity contribution is -0.126. The molecule has 13 heteroatoms. The minimum absolute atomic E-state index is 0.0327. The Morgan fingerprint density at radius 2 is 1.59 bits per heavy atom. The van der Waals surface area contributed by atoms with Crippen molar-refractivity contribution in [1.29, 1.82) is 0 Å². The van der Waals surface area contributed by atoms with Gasteiger partial charge in [-0.05, 0) is 119 Å². The molecule has 6 aliphatic rings. The fourth-order valence-corrected chi connectivity index (χ4v) is 10.8. The molecule has 61 heavy (non-hydrogen) atoms. The topological polar surface area (TPSA) is 116 Å². The Balaban J connectivity index is 0.727. The number of aromatic nitrogens is 2. The van der Waals surface area contributed by atoms with Crippen molar-refractivity contribution in [2.75, 3.05) is 82.9 Å². The normalized spacial score (nSPS) is 22.0. The molecule has 2 aromatic heterocycles. The Hall–Kier alpha value is -5.40. The van der Waals surface area contributed by atoms with Gasteiger partial charge in [-0.1, -0.05) is 12.6 Å². The SMILES string of the molecule is C=C1CCC(N2Cc3ccc(N4CC5(CCN(CC6CCN(Cc7c(OC)cc(-c8cn(C)c(=O)c9cnc(N%10CCC%10)cc89)cc7OC)CC6)CC5)C4)cc3C2=O)C(=O)N1. The smallest absolute Gasteiger partial charge is 0.259 e. The number of anilines is 2. The molecule has 0 radical (unpaired) electrons. The molecule has 6 aliphatic heterocycles. The number of hydrogen-bond acceptors (Lipinski definition) is 10. The van der Waals surface area contributed by atoms with Crippen LogP contribution in [-0.2, 0) is 24.9 Å². The molecule has 0 saturated carbocycles. The van der Waals surface area contributed by atoms with Gasteiger partial charge in [-0.25, -0.2) is 4.98 Å². The number of likely N-dealkylation sites (tertiary alicyclic amines) is 2. The number of methoxy groups -OCH3 is 2. The van der Waals surface area contributed by atoms with E-state index < -0.39 is 6.04 Å². The third kappa shape index (κ3) is 7.33. The number of nitrogens with one attached hydrogen (secondary N) is 1. The van der Waals surface area contributed by atoms with Crippen molar-refractivity contribution in [2.45, 2.75) is 64.1 Å². The number of carbonyl (C=O) groups excluding carboxylic acids is 2. The molecule has 1 spiro atoms. The van der Waals surface area contributed by atoms with Gasteiger partial charge in [-0.2, -0.15) is 0 Å². The van der Waals surface area contributed by atoms with Crippen LogP contribution in [-0.4, -0.2) is 115 Å². The maximum Gasteiger partial charge on any atom is 0.259 e. The minimum atomic E-state index is -0.430. The third-order valence-electron chi connectivity index (χ3n) is 14.7. The average Bonchev–Trinajstić information content (AvgIpc) is 3.56. The van der Waals surface area contributed by atoms with E-state index in [1.165, 1.54) is 25.7 Å². The molecule has 320 valence electrons. The van der Waals surface area contributed by atoms with E-state index >= 15 is 0 Å². The average molecular weight is 827 g/mol. The Labute approximate surface area is 357 Å². The highest BCUT2D eigenvalue weighted by Crippen LogP contribution is 2.44. The summed E-state index contributed by atoms with van der Waals surface area (Å²) in [5.41, 5.74) is 6.84. The van der Waals surface area contributed by atoms with Gasteiger partial charge in [0.25, 0.3) is 11.5 Å². The summed E-state index contributed by atoms with van der Waals surface area (Å²) in [7, 11) is 5.24. The first-order chi connectivity index (χ1) is 29.6. The van der Waals surface area contributed by atoms with E-state index in [0.29, 0.717) is 36.1 Å². The molecule has 8 heterocycles. The van der Waals surface area contributed by atoms with Crippen molar-refractivity contribution in [2.24, 2.45) is 18.4 Å². The monoisotopic (exact) mass is 826 g/mol. The maximum atomic E-state index is 13.5. The Morgan fingerprint density at radius 3 is 2.26 bits per heavy atom. The van der Waals surface area contributed by atoms with Gasteiger partial charge >= 0.3 is 0 Å². The summed E-state index contributed by atoms with van der Waals surface area (Å²) in [6.45, 7) is 14.7. The van der Waals surface area contributed by atoms with E-state index in [0.717, 1.165) is 134 Å². The van der Waals surface area contributed by atoms with Gasteiger partial charge in [0.05, 0.1) is 25.2 Å². The second kappa shape index (κ2) is 15.8. The standard InChI is InChI=1S/C48H58N8O5/c1-31-6-9-41(45(57)50-31)56-26-33-7-8-35(22-36(33)47(56)59)55-29-48(30-55)12-18-53(19-13-48)25-32-10-16-52(17-11-32)28-40-42(60-3)20-34(21-43(40)61-4)39-27-51(2)46(58)38-24-49-44(23-37(38)39)54-14-5-15-54/h7-8,20-24,27,32,41H,1,5-6,9-19,25-26,28-30H2,2-4H3,(H,50,57). The molecule has 5 fully saturated rings. The summed E-state index contributed by atoms with van der Waals surface area (Å²) in [6, 6.07) is 12.1. The van der Waals surface area contributed by atoms with E-state index in [4.69, 9.17) is 9.47 Å². The zero-order valence-electron chi connectivity index (χ0n) is 35.9. The number of hydrogen-bond donors (Lipinski definition) is 1. The summed E-state index contributed by atoms with van der Waals surface area (Å²) >= 11 is 0. The summed E-state index contributed by atoms with van der Waals surface area (Å²) < 4.78 is 13.7. The number of amides is 2. The molecule has 5 saturated heterocycles. The molecule has 2 aromatic carbocycles. The quantitative estimate of drug-likeness (QED) is 0.223. The van der Waals surface area contributed by atoms with Crippen LogP contribution in [0.5, 0.6) is 11.5 Å². The molecular weight excluding hydrogens is 769 g/mol. The fourth-order valence-electron chi connectivity index (χ4n) is 10.8. The van der Waals surface area contributed by atoms with Crippen LogP contribution < -0.4 is 30.1 Å². The van der Waals surface area contributed by atoms with Crippen molar-refractivity contribution in [3.63, 3.8) is 0 Å². The van der Waals surface area contributed by atoms with Crippen LogP contribution >= 0.6 is 0 Å². The highest BCUT2D eigenvalue weighted by atomic mass is 16.5. The summed E-state index contributed by atoms with van der Waals surface area (Å²) in [6.07, 6.45) is 10.9. The number of ether oxygens (including phenoxy) is 2. The number of pyridine rings is 2. The van der Waals surface area contributed by atoms with Crippen LogP contribution in [0.3, 0.4) is 0 Å². The summed E-state index contributed by atoms with van der Waals surface area (Å²) in [4.78, 5) is 55.5. The molecule has 0 aliphatic carbocycles. The van der Waals surface area contributed by atoms with Crippen molar-refractivity contribution in [3.05, 3.63) is 88.1 Å². The van der Waals surface area contributed by atoms with Crippen molar-refractivity contribution in [3.8, 4) is 22.6 Å². The highest BCUT2D eigenvalue weighted by molar-refractivity contribution is 6.02. The molecule has 13 nitrogen and oxygen atoms in total. The van der Waals surface area contributed by atoms with E-state index in [2.05, 4.69) is 72.9 Å². The number of benzene rings is 2. The van der Waals surface area contributed by atoms with Gasteiger partial charge < -0.3 is 39.0 Å². The number of carbonyl (C=O) groups is 2. The Kier molecular flexibility index (Phi) is 10.3. The summed E-state index contributed by atoms with van der Waals surface area (Å²) in [5, 5.41) is 4.33. The van der Waals surface area contributed by atoms with E-state index in [1.807, 2.05) is 6.20 Å². The number of fused-ring (bicyclic) bond motifs is 2. The summed E-state index contributed by atoms with van der Waals surface area (Å²) in [5.74, 6) is 3.02. The van der Waals surface area contributed by atoms with Gasteiger partial charge in [0.2, 0.25) is 5.91 Å². The third-order valence-corrected chi connectivity index (χ3v) is 14.7. The van der Waals surface area contributed by atoms with Gasteiger partial charge in [0.15, 0.2) is 0 Å². The van der Waals surface area contributed by atoms with Crippen molar-refractivity contribution < 1.29 is 19.1 Å². The molecule has 1 unspecified atom stereocenters. The predicted molar refractivity (Wildman–Crippen MR) is 237 cm³/mol. The first-order valence-corrected chi connectivity index (χ1v) is 22.2. The minimum Gasteiger partial charge on any atom is -0.496 e. The first-order valence-electron chi connectivity index (χ1n) is 22.2. The zero-order chi connectivity index (χ0) is 42.0. The van der Waals surface area contributed by atoms with Crippen LogP contribution in [0.4, 0.5) is 11.5 Å². The lowest BCUT2D eigenvalue weighted by Gasteiger charge is -2.55. The van der Waals surface area contributed by atoms with Crippen molar-refractivity contribution >= 4 is 34.1 Å². The molecule has 4 aromatic rings. The lowest BCUT2D eigenvalue weighted by Crippen LogP contribution is -2.60. The molecule has 1 N–H and O–H groups in total. The zero-order valence-corrected chi connectivity index (χ0v) is 35.9. The van der Waals surface area contributed by atoms with Gasteiger partial charge in [-0.3, -0.25) is 19.3 Å². The number of aryl methyl sites for hydroxylation is 1. The van der Waals surface area contributed by atoms with Crippen molar-refractivity contribution in [1.82, 2.24) is 29.6 Å².